The summed E-state index contributed by atoms with van der Waals surface area (Å²) in [6.07, 6.45) is 7.66. The molecule has 3 N–H and O–H groups in total. The van der Waals surface area contributed by atoms with Gasteiger partial charge in [0.05, 0.1) is 6.61 Å². The molecule has 1 saturated carbocycles. The van der Waals surface area contributed by atoms with Crippen LogP contribution in [0.25, 0.3) is 0 Å². The Balaban J connectivity index is 1.67. The van der Waals surface area contributed by atoms with Crippen molar-refractivity contribution in [3.8, 4) is 5.75 Å². The number of benzene rings is 1. The summed E-state index contributed by atoms with van der Waals surface area (Å²) in [6, 6.07) is 6.49. The largest absolute Gasteiger partial charge is 0.490 e. The number of aliphatic hydroxyl groups is 1. The highest BCUT2D eigenvalue weighted by Gasteiger charge is 2.36. The van der Waals surface area contributed by atoms with Gasteiger partial charge in [0.1, 0.15) is 11.9 Å². The Hall–Kier alpha value is -1.06. The van der Waals surface area contributed by atoms with Crippen LogP contribution in [0.3, 0.4) is 0 Å². The summed E-state index contributed by atoms with van der Waals surface area (Å²) in [5, 5.41) is 9.29. The quantitative estimate of drug-likeness (QED) is 0.877. The van der Waals surface area contributed by atoms with E-state index in [2.05, 4.69) is 18.2 Å². The fourth-order valence-corrected chi connectivity index (χ4v) is 3.33. The number of fused-ring (bicyclic) bond motifs is 1. The van der Waals surface area contributed by atoms with Crippen LogP contribution in [-0.4, -0.2) is 23.4 Å². The van der Waals surface area contributed by atoms with Crippen molar-refractivity contribution in [1.29, 1.82) is 0 Å². The molecule has 0 bridgehead atoms. The number of hydrogen-bond donors (Lipinski definition) is 2. The highest BCUT2D eigenvalue weighted by atomic mass is 16.5. The maximum atomic E-state index is 9.29. The second-order valence-corrected chi connectivity index (χ2v) is 6.14. The lowest BCUT2D eigenvalue weighted by Crippen LogP contribution is -2.41. The summed E-state index contributed by atoms with van der Waals surface area (Å²) in [4.78, 5) is 0. The molecule has 0 amide bonds. The normalized spacial score (nSPS) is 30.1. The first-order valence-electron chi connectivity index (χ1n) is 7.37. The summed E-state index contributed by atoms with van der Waals surface area (Å²) in [5.41, 5.74) is 8.58. The maximum Gasteiger partial charge on any atom is 0.120 e. The van der Waals surface area contributed by atoms with Crippen molar-refractivity contribution in [2.45, 2.75) is 56.6 Å². The predicted molar refractivity (Wildman–Crippen MR) is 75.4 cm³/mol. The number of hydrogen-bond acceptors (Lipinski definition) is 3. The standard InChI is InChI=1S/C16H23NO2/c17-16(11-18)8-7-15(10-16)19-14-6-5-12-3-1-2-4-13(12)9-14/h5-6,9,15,18H,1-4,7-8,10-11,17H2. The van der Waals surface area contributed by atoms with Crippen molar-refractivity contribution in [2.24, 2.45) is 5.73 Å². The average Bonchev–Trinajstić information content (AvgIpc) is 2.81. The molecule has 0 spiro atoms. The van der Waals surface area contributed by atoms with Crippen LogP contribution in [0.4, 0.5) is 0 Å². The van der Waals surface area contributed by atoms with Crippen LogP contribution < -0.4 is 10.5 Å². The smallest absolute Gasteiger partial charge is 0.120 e. The third-order valence-corrected chi connectivity index (χ3v) is 4.54. The second-order valence-electron chi connectivity index (χ2n) is 6.14. The molecule has 1 aromatic carbocycles. The predicted octanol–water partition coefficient (Wildman–Crippen LogP) is 2.19. The Morgan fingerprint density at radius 2 is 2.05 bits per heavy atom. The highest BCUT2D eigenvalue weighted by molar-refractivity contribution is 5.37. The molecule has 2 aliphatic rings. The van der Waals surface area contributed by atoms with Crippen molar-refractivity contribution < 1.29 is 9.84 Å². The first-order chi connectivity index (χ1) is 9.18. The minimum atomic E-state index is -0.432. The zero-order valence-corrected chi connectivity index (χ0v) is 11.4. The van der Waals surface area contributed by atoms with Gasteiger partial charge in [-0.2, -0.15) is 0 Å². The molecule has 19 heavy (non-hydrogen) atoms. The zero-order valence-electron chi connectivity index (χ0n) is 11.4. The van der Waals surface area contributed by atoms with Gasteiger partial charge in [0.15, 0.2) is 0 Å². The second kappa shape index (κ2) is 5.14. The van der Waals surface area contributed by atoms with E-state index < -0.39 is 5.54 Å². The van der Waals surface area contributed by atoms with Crippen LogP contribution in [0, 0.1) is 0 Å². The maximum absolute atomic E-state index is 9.29. The lowest BCUT2D eigenvalue weighted by atomic mass is 9.92. The third-order valence-electron chi connectivity index (χ3n) is 4.54. The van der Waals surface area contributed by atoms with E-state index in [1.54, 1.807) is 0 Å². The molecule has 3 rings (SSSR count). The van der Waals surface area contributed by atoms with Crippen molar-refractivity contribution >= 4 is 0 Å². The minimum absolute atomic E-state index is 0.0526. The molecule has 3 nitrogen and oxygen atoms in total. The molecule has 1 fully saturated rings. The summed E-state index contributed by atoms with van der Waals surface area (Å²) < 4.78 is 6.05. The Morgan fingerprint density at radius 1 is 1.26 bits per heavy atom. The number of rotatable bonds is 3. The van der Waals surface area contributed by atoms with E-state index in [1.165, 1.54) is 36.8 Å². The average molecular weight is 261 g/mol. The summed E-state index contributed by atoms with van der Waals surface area (Å²) in [6.45, 7) is 0.0526. The fourth-order valence-electron chi connectivity index (χ4n) is 3.33. The Morgan fingerprint density at radius 3 is 2.79 bits per heavy atom. The van der Waals surface area contributed by atoms with Gasteiger partial charge in [0.25, 0.3) is 0 Å². The van der Waals surface area contributed by atoms with E-state index in [9.17, 15) is 5.11 Å². The number of ether oxygens (including phenoxy) is 1. The fraction of sp³-hybridized carbons (Fsp3) is 0.625. The van der Waals surface area contributed by atoms with Gasteiger partial charge < -0.3 is 15.6 Å². The molecule has 104 valence electrons. The molecule has 0 heterocycles. The van der Waals surface area contributed by atoms with Gasteiger partial charge >= 0.3 is 0 Å². The van der Waals surface area contributed by atoms with E-state index in [1.807, 2.05) is 0 Å². The molecule has 0 saturated heterocycles. The molecule has 2 atom stereocenters. The molecular weight excluding hydrogens is 238 g/mol. The number of aryl methyl sites for hydroxylation is 2. The molecular formula is C16H23NO2. The topological polar surface area (TPSA) is 55.5 Å². The molecule has 1 aromatic rings. The van der Waals surface area contributed by atoms with Crippen LogP contribution >= 0.6 is 0 Å². The summed E-state index contributed by atoms with van der Waals surface area (Å²) in [7, 11) is 0. The Labute approximate surface area is 114 Å². The van der Waals surface area contributed by atoms with E-state index in [-0.39, 0.29) is 12.7 Å². The Kier molecular flexibility index (Phi) is 3.50. The van der Waals surface area contributed by atoms with E-state index in [0.29, 0.717) is 0 Å². The van der Waals surface area contributed by atoms with Gasteiger partial charge in [-0.1, -0.05) is 6.07 Å². The lowest BCUT2D eigenvalue weighted by molar-refractivity contribution is 0.165. The lowest BCUT2D eigenvalue weighted by Gasteiger charge is -2.22. The van der Waals surface area contributed by atoms with Crippen LogP contribution in [0.5, 0.6) is 5.75 Å². The molecule has 0 aliphatic heterocycles. The number of aliphatic hydroxyl groups excluding tert-OH is 1. The van der Waals surface area contributed by atoms with Crippen LogP contribution in [0.1, 0.15) is 43.2 Å². The van der Waals surface area contributed by atoms with Crippen molar-refractivity contribution in [3.05, 3.63) is 29.3 Å². The summed E-state index contributed by atoms with van der Waals surface area (Å²) in [5.74, 6) is 0.966. The zero-order chi connectivity index (χ0) is 13.3. The van der Waals surface area contributed by atoms with Gasteiger partial charge in [-0.25, -0.2) is 0 Å². The molecule has 0 aromatic heterocycles. The number of nitrogens with two attached hydrogens (primary N) is 1. The first-order valence-corrected chi connectivity index (χ1v) is 7.37. The molecule has 2 unspecified atom stereocenters. The minimum Gasteiger partial charge on any atom is -0.490 e. The molecule has 0 radical (unpaired) electrons. The van der Waals surface area contributed by atoms with Gasteiger partial charge in [-0.05, 0) is 61.8 Å². The van der Waals surface area contributed by atoms with Crippen LogP contribution in [0.2, 0.25) is 0 Å². The van der Waals surface area contributed by atoms with Gasteiger partial charge in [-0.3, -0.25) is 0 Å². The first kappa shape index (κ1) is 12.9. The monoisotopic (exact) mass is 261 g/mol. The van der Waals surface area contributed by atoms with Gasteiger partial charge in [0.2, 0.25) is 0 Å². The molecule has 2 aliphatic carbocycles. The van der Waals surface area contributed by atoms with Crippen LogP contribution in [0.15, 0.2) is 18.2 Å². The van der Waals surface area contributed by atoms with Crippen molar-refractivity contribution in [1.82, 2.24) is 0 Å². The van der Waals surface area contributed by atoms with E-state index in [0.717, 1.165) is 25.0 Å². The van der Waals surface area contributed by atoms with Crippen molar-refractivity contribution in [3.63, 3.8) is 0 Å². The van der Waals surface area contributed by atoms with Gasteiger partial charge in [-0.15, -0.1) is 0 Å². The van der Waals surface area contributed by atoms with E-state index >= 15 is 0 Å². The molecule has 3 heteroatoms. The van der Waals surface area contributed by atoms with E-state index in [4.69, 9.17) is 10.5 Å². The SMILES string of the molecule is NC1(CO)CCC(Oc2ccc3c(c2)CCCC3)C1. The Bertz CT molecular complexity index is 460. The van der Waals surface area contributed by atoms with Crippen LogP contribution in [-0.2, 0) is 12.8 Å². The highest BCUT2D eigenvalue weighted by Crippen LogP contribution is 2.32. The summed E-state index contributed by atoms with van der Waals surface area (Å²) >= 11 is 0. The van der Waals surface area contributed by atoms with Crippen molar-refractivity contribution in [2.75, 3.05) is 6.61 Å². The van der Waals surface area contributed by atoms with Gasteiger partial charge in [0, 0.05) is 12.0 Å². The third kappa shape index (κ3) is 2.77.